The predicted octanol–water partition coefficient (Wildman–Crippen LogP) is 2.54. The molecule has 0 bridgehead atoms. The number of aliphatic hydroxyl groups is 1. The highest BCUT2D eigenvalue weighted by Gasteiger charge is 2.01. The molecule has 0 fully saturated rings. The molecule has 1 heterocycles. The molecule has 0 aliphatic carbocycles. The van der Waals surface area contributed by atoms with Crippen LogP contribution in [-0.4, -0.2) is 16.7 Å². The van der Waals surface area contributed by atoms with Crippen LogP contribution in [0.3, 0.4) is 0 Å². The van der Waals surface area contributed by atoms with Gasteiger partial charge in [-0.2, -0.15) is 0 Å². The van der Waals surface area contributed by atoms with Gasteiger partial charge in [0.15, 0.2) is 0 Å². The third-order valence-corrected chi connectivity index (χ3v) is 2.89. The Hall–Kier alpha value is -1.87. The highest BCUT2D eigenvalue weighted by molar-refractivity contribution is 5.39. The van der Waals surface area contributed by atoms with Gasteiger partial charge in [0.25, 0.3) is 0 Å². The van der Waals surface area contributed by atoms with Gasteiger partial charge < -0.3 is 10.4 Å². The average Bonchev–Trinajstić information content (AvgIpc) is 2.41. The molecule has 3 heteroatoms. The number of rotatable bonds is 5. The zero-order chi connectivity index (χ0) is 12.8. The first-order valence-corrected chi connectivity index (χ1v) is 6.15. The number of benzene rings is 1. The van der Waals surface area contributed by atoms with E-state index >= 15 is 0 Å². The van der Waals surface area contributed by atoms with E-state index in [0.717, 1.165) is 23.6 Å². The number of aliphatic hydroxyl groups excluding tert-OH is 1. The topological polar surface area (TPSA) is 45.2 Å². The third kappa shape index (κ3) is 3.31. The molecule has 2 aromatic rings. The van der Waals surface area contributed by atoms with Crippen LogP contribution in [-0.2, 0) is 13.0 Å². The third-order valence-electron chi connectivity index (χ3n) is 2.89. The lowest BCUT2D eigenvalue weighted by atomic mass is 10.1. The maximum absolute atomic E-state index is 8.92. The normalized spacial score (nSPS) is 10.3. The minimum absolute atomic E-state index is 0.166. The van der Waals surface area contributed by atoms with Gasteiger partial charge >= 0.3 is 0 Å². The molecule has 1 aromatic carbocycles. The number of aryl methyl sites for hydroxylation is 1. The second-order valence-corrected chi connectivity index (χ2v) is 4.25. The Balaban J connectivity index is 2.00. The summed E-state index contributed by atoms with van der Waals surface area (Å²) >= 11 is 0. The van der Waals surface area contributed by atoms with Crippen LogP contribution in [0, 0.1) is 6.92 Å². The lowest BCUT2D eigenvalue weighted by Gasteiger charge is -2.09. The van der Waals surface area contributed by atoms with Crippen LogP contribution in [0.1, 0.15) is 16.8 Å². The Morgan fingerprint density at radius 2 is 1.89 bits per heavy atom. The summed E-state index contributed by atoms with van der Waals surface area (Å²) in [4.78, 5) is 4.48. The zero-order valence-electron chi connectivity index (χ0n) is 10.6. The SMILES string of the molecule is Cc1nc(NCc2ccccc2)ccc1CCO. The van der Waals surface area contributed by atoms with E-state index in [4.69, 9.17) is 5.11 Å². The van der Waals surface area contributed by atoms with Crippen LogP contribution >= 0.6 is 0 Å². The van der Waals surface area contributed by atoms with Gasteiger partial charge in [0.2, 0.25) is 0 Å². The predicted molar refractivity (Wildman–Crippen MR) is 73.5 cm³/mol. The first-order valence-electron chi connectivity index (χ1n) is 6.15. The van der Waals surface area contributed by atoms with Crippen molar-refractivity contribution in [1.29, 1.82) is 0 Å². The van der Waals surface area contributed by atoms with Crippen molar-refractivity contribution < 1.29 is 5.11 Å². The maximum Gasteiger partial charge on any atom is 0.126 e. The zero-order valence-corrected chi connectivity index (χ0v) is 10.6. The largest absolute Gasteiger partial charge is 0.396 e. The smallest absolute Gasteiger partial charge is 0.126 e. The number of hydrogen-bond acceptors (Lipinski definition) is 3. The summed E-state index contributed by atoms with van der Waals surface area (Å²) < 4.78 is 0. The molecule has 0 atom stereocenters. The summed E-state index contributed by atoms with van der Waals surface area (Å²) in [6, 6.07) is 14.2. The van der Waals surface area contributed by atoms with Crippen LogP contribution in [0.25, 0.3) is 0 Å². The van der Waals surface area contributed by atoms with Crippen molar-refractivity contribution in [3.8, 4) is 0 Å². The van der Waals surface area contributed by atoms with Crippen molar-refractivity contribution in [2.24, 2.45) is 0 Å². The molecule has 18 heavy (non-hydrogen) atoms. The molecule has 3 nitrogen and oxygen atoms in total. The molecule has 0 radical (unpaired) electrons. The number of pyridine rings is 1. The minimum Gasteiger partial charge on any atom is -0.396 e. The van der Waals surface area contributed by atoms with Gasteiger partial charge in [0, 0.05) is 18.8 Å². The molecule has 0 spiro atoms. The lowest BCUT2D eigenvalue weighted by molar-refractivity contribution is 0.299. The molecule has 0 unspecified atom stereocenters. The number of hydrogen-bond donors (Lipinski definition) is 2. The summed E-state index contributed by atoms with van der Waals surface area (Å²) in [6.45, 7) is 2.91. The van der Waals surface area contributed by atoms with Crippen LogP contribution in [0.15, 0.2) is 42.5 Å². The molecular weight excluding hydrogens is 224 g/mol. The standard InChI is InChI=1S/C15H18N2O/c1-12-14(9-10-18)7-8-15(17-12)16-11-13-5-3-2-4-6-13/h2-8,18H,9-11H2,1H3,(H,16,17). The number of nitrogens with one attached hydrogen (secondary N) is 1. The Morgan fingerprint density at radius 3 is 2.56 bits per heavy atom. The van der Waals surface area contributed by atoms with E-state index in [1.54, 1.807) is 0 Å². The molecule has 2 rings (SSSR count). The molecule has 2 N–H and O–H groups in total. The lowest BCUT2D eigenvalue weighted by Crippen LogP contribution is -2.04. The monoisotopic (exact) mass is 242 g/mol. The van der Waals surface area contributed by atoms with E-state index in [9.17, 15) is 0 Å². The van der Waals surface area contributed by atoms with Crippen molar-refractivity contribution in [1.82, 2.24) is 4.98 Å². The summed E-state index contributed by atoms with van der Waals surface area (Å²) in [5.74, 6) is 0.873. The van der Waals surface area contributed by atoms with Gasteiger partial charge in [-0.15, -0.1) is 0 Å². The summed E-state index contributed by atoms with van der Waals surface area (Å²) in [5, 5.41) is 12.2. The molecule has 94 valence electrons. The molecule has 1 aromatic heterocycles. The summed E-state index contributed by atoms with van der Waals surface area (Å²) in [6.07, 6.45) is 0.664. The highest BCUT2D eigenvalue weighted by atomic mass is 16.2. The van der Waals surface area contributed by atoms with Gasteiger partial charge in [0.05, 0.1) is 0 Å². The molecule has 0 saturated heterocycles. The van der Waals surface area contributed by atoms with Crippen molar-refractivity contribution in [3.05, 3.63) is 59.3 Å². The van der Waals surface area contributed by atoms with E-state index in [1.165, 1.54) is 5.56 Å². The van der Waals surface area contributed by atoms with Crippen LogP contribution in [0.2, 0.25) is 0 Å². The maximum atomic E-state index is 8.92. The van der Waals surface area contributed by atoms with E-state index in [-0.39, 0.29) is 6.61 Å². The molecule has 0 aliphatic rings. The molecule has 0 saturated carbocycles. The Kier molecular flexibility index (Phi) is 4.31. The van der Waals surface area contributed by atoms with Gasteiger partial charge in [-0.1, -0.05) is 36.4 Å². The van der Waals surface area contributed by atoms with Gasteiger partial charge in [0.1, 0.15) is 5.82 Å². The van der Waals surface area contributed by atoms with Gasteiger partial charge in [-0.05, 0) is 30.5 Å². The fourth-order valence-corrected chi connectivity index (χ4v) is 1.86. The van der Waals surface area contributed by atoms with Gasteiger partial charge in [-0.25, -0.2) is 4.98 Å². The Labute approximate surface area is 108 Å². The van der Waals surface area contributed by atoms with Crippen LogP contribution in [0.4, 0.5) is 5.82 Å². The molecule has 0 aliphatic heterocycles. The number of anilines is 1. The van der Waals surface area contributed by atoms with Crippen molar-refractivity contribution >= 4 is 5.82 Å². The van der Waals surface area contributed by atoms with Crippen molar-refractivity contribution in [2.75, 3.05) is 11.9 Å². The van der Waals surface area contributed by atoms with Gasteiger partial charge in [-0.3, -0.25) is 0 Å². The van der Waals surface area contributed by atoms with Crippen LogP contribution < -0.4 is 5.32 Å². The number of aromatic nitrogens is 1. The Bertz CT molecular complexity index is 497. The second-order valence-electron chi connectivity index (χ2n) is 4.25. The number of nitrogens with zero attached hydrogens (tertiary/aromatic N) is 1. The van der Waals surface area contributed by atoms with E-state index in [0.29, 0.717) is 6.42 Å². The van der Waals surface area contributed by atoms with E-state index in [2.05, 4.69) is 22.4 Å². The first-order chi connectivity index (χ1) is 8.79. The minimum atomic E-state index is 0.166. The highest BCUT2D eigenvalue weighted by Crippen LogP contribution is 2.12. The van der Waals surface area contributed by atoms with Crippen molar-refractivity contribution in [2.45, 2.75) is 19.9 Å². The summed E-state index contributed by atoms with van der Waals surface area (Å²) in [7, 11) is 0. The van der Waals surface area contributed by atoms with E-state index in [1.807, 2.05) is 37.3 Å². The van der Waals surface area contributed by atoms with Crippen molar-refractivity contribution in [3.63, 3.8) is 0 Å². The average molecular weight is 242 g/mol. The molecular formula is C15H18N2O. The fraction of sp³-hybridized carbons (Fsp3) is 0.267. The summed E-state index contributed by atoms with van der Waals surface area (Å²) in [5.41, 5.74) is 3.31. The first kappa shape index (κ1) is 12.6. The fourth-order valence-electron chi connectivity index (χ4n) is 1.86. The molecule has 0 amide bonds. The quantitative estimate of drug-likeness (QED) is 0.847. The Morgan fingerprint density at radius 1 is 1.11 bits per heavy atom. The second kappa shape index (κ2) is 6.17. The van der Waals surface area contributed by atoms with E-state index < -0.39 is 0 Å². The van der Waals surface area contributed by atoms with Crippen LogP contribution in [0.5, 0.6) is 0 Å².